The van der Waals surface area contributed by atoms with Gasteiger partial charge >= 0.3 is 19.1 Å². The van der Waals surface area contributed by atoms with Crippen LogP contribution in [0.15, 0.2) is 57.9 Å². The van der Waals surface area contributed by atoms with Gasteiger partial charge in [-0.3, -0.25) is 9.97 Å². The van der Waals surface area contributed by atoms with Crippen molar-refractivity contribution < 1.29 is 37.6 Å². The quantitative estimate of drug-likeness (QED) is 0.242. The number of rotatable bonds is 4. The second-order valence-electron chi connectivity index (χ2n) is 9.73. The van der Waals surface area contributed by atoms with Crippen LogP contribution >= 0.6 is 11.6 Å². The van der Waals surface area contributed by atoms with Gasteiger partial charge in [0.2, 0.25) is 17.4 Å². The largest absolute Gasteiger partial charge is 0.496 e. The molecular weight excluding hydrogens is 567 g/mol. The average Bonchev–Trinajstić information content (AvgIpc) is 3.56. The number of esters is 1. The van der Waals surface area contributed by atoms with Crippen LogP contribution in [0.2, 0.25) is 5.35 Å². The number of oxazole rings is 2. The van der Waals surface area contributed by atoms with E-state index in [4.69, 9.17) is 34.9 Å². The molecule has 0 bridgehead atoms. The summed E-state index contributed by atoms with van der Waals surface area (Å²) in [4.78, 5) is 37.2. The van der Waals surface area contributed by atoms with Crippen LogP contribution in [0.25, 0.3) is 11.5 Å². The smallest absolute Gasteiger partial charge is 0.475 e. The minimum Gasteiger partial charge on any atom is -0.475 e. The van der Waals surface area contributed by atoms with Crippen molar-refractivity contribution in [1.29, 1.82) is 0 Å². The van der Waals surface area contributed by atoms with Gasteiger partial charge < -0.3 is 28.0 Å². The third kappa shape index (κ3) is 8.24. The zero-order chi connectivity index (χ0) is 30.4. The molecule has 0 atom stereocenters. The molecule has 0 saturated carbocycles. The molecule has 14 heteroatoms. The van der Waals surface area contributed by atoms with Crippen LogP contribution in [0.4, 0.5) is 0 Å². The molecule has 0 aromatic carbocycles. The summed E-state index contributed by atoms with van der Waals surface area (Å²) in [6.07, 6.45) is 6.71. The lowest BCUT2D eigenvalue weighted by atomic mass is 9.80. The molecule has 4 aromatic heterocycles. The van der Waals surface area contributed by atoms with E-state index in [2.05, 4.69) is 24.7 Å². The molecule has 1 fully saturated rings. The predicted octanol–water partition coefficient (Wildman–Crippen LogP) is 5.18. The summed E-state index contributed by atoms with van der Waals surface area (Å²) in [6.45, 7) is 11.4. The highest BCUT2D eigenvalue weighted by Crippen LogP contribution is 2.36. The molecule has 0 amide bonds. The van der Waals surface area contributed by atoms with E-state index in [-0.39, 0.29) is 48.5 Å². The van der Waals surface area contributed by atoms with Gasteiger partial charge in [0.15, 0.2) is 0 Å². The summed E-state index contributed by atoms with van der Waals surface area (Å²) in [7, 11) is 0.960. The zero-order valence-corrected chi connectivity index (χ0v) is 24.4. The van der Waals surface area contributed by atoms with Crippen LogP contribution in [0.3, 0.4) is 0 Å². The Morgan fingerprint density at radius 1 is 0.905 bits per heavy atom. The lowest BCUT2D eigenvalue weighted by Crippen LogP contribution is -2.41. The summed E-state index contributed by atoms with van der Waals surface area (Å²) < 4.78 is 26.0. The van der Waals surface area contributed by atoms with Gasteiger partial charge in [-0.05, 0) is 71.3 Å². The van der Waals surface area contributed by atoms with Gasteiger partial charge in [0.05, 0.1) is 35.3 Å². The van der Waals surface area contributed by atoms with Gasteiger partial charge in [0.1, 0.15) is 0 Å². The van der Waals surface area contributed by atoms with Gasteiger partial charge in [-0.1, -0.05) is 13.5 Å². The standard InChI is InChI=1S/C11H16BNO2.C10H8N2O3.C6H6ClNO3.CH4/c1-10(2)11(3,4)15-12(14-10)9-6-5-7-13-8-9;1-6-8(10(13)14)15-9(12-6)7-3-2-4-11-5-7;1-3-4(5(9)10-2)11-6(7)8-3;/h5-8H,1-4H3;2-5H,1H3,(H,13,14);1-2H3;1H4. The Bertz CT molecular complexity index is 1460. The topological polar surface area (TPSA) is 160 Å². The van der Waals surface area contributed by atoms with Crippen molar-refractivity contribution in [3.05, 3.63) is 77.3 Å². The number of halogens is 1. The molecule has 4 aromatic rings. The molecule has 0 radical (unpaired) electrons. The van der Waals surface area contributed by atoms with Gasteiger partial charge in [0, 0.05) is 30.3 Å². The average molecular weight is 601 g/mol. The van der Waals surface area contributed by atoms with E-state index in [9.17, 15) is 9.59 Å². The molecule has 1 aliphatic rings. The maximum absolute atomic E-state index is 10.8. The van der Waals surface area contributed by atoms with Gasteiger partial charge in [-0.2, -0.15) is 0 Å². The SMILES string of the molecule is C.CC1(C)OB(c2cccnc2)OC1(C)C.COC(=O)c1oc(Cl)nc1C.Cc1nc(-c2cccnc2)oc1C(=O)O. The van der Waals surface area contributed by atoms with E-state index in [0.717, 1.165) is 5.46 Å². The van der Waals surface area contributed by atoms with E-state index in [1.165, 1.54) is 7.11 Å². The van der Waals surface area contributed by atoms with Crippen LogP contribution in [-0.2, 0) is 14.0 Å². The molecule has 12 nitrogen and oxygen atoms in total. The van der Waals surface area contributed by atoms with E-state index >= 15 is 0 Å². The van der Waals surface area contributed by atoms with E-state index < -0.39 is 11.9 Å². The number of ether oxygens (including phenoxy) is 1. The van der Waals surface area contributed by atoms with Crippen molar-refractivity contribution >= 4 is 36.1 Å². The van der Waals surface area contributed by atoms with Crippen molar-refractivity contribution in [2.45, 2.75) is 60.2 Å². The number of carbonyl (C=O) groups is 2. The Hall–Kier alpha value is -4.07. The number of aryl methyl sites for hydroxylation is 2. The number of carboxylic acid groups (broad SMARTS) is 1. The monoisotopic (exact) mass is 600 g/mol. The first-order valence-electron chi connectivity index (χ1n) is 12.3. The lowest BCUT2D eigenvalue weighted by molar-refractivity contribution is 0.00578. The number of nitrogens with zero attached hydrogens (tertiary/aromatic N) is 4. The molecule has 0 aliphatic carbocycles. The minimum atomic E-state index is -1.12. The predicted molar refractivity (Wildman–Crippen MR) is 156 cm³/mol. The fraction of sp³-hybridized carbons (Fsp3) is 0.357. The molecule has 5 rings (SSSR count). The Kier molecular flexibility index (Phi) is 11.5. The number of hydrogen-bond acceptors (Lipinski definition) is 11. The normalized spacial score (nSPS) is 14.4. The number of aromatic nitrogens is 4. The highest BCUT2D eigenvalue weighted by atomic mass is 35.5. The summed E-state index contributed by atoms with van der Waals surface area (Å²) >= 11 is 5.38. The number of pyridine rings is 2. The third-order valence-electron chi connectivity index (χ3n) is 6.25. The second-order valence-corrected chi connectivity index (χ2v) is 10.1. The molecular formula is C28H34BClN4O8. The molecule has 224 valence electrons. The first-order valence-corrected chi connectivity index (χ1v) is 12.7. The van der Waals surface area contributed by atoms with Crippen molar-refractivity contribution in [2.24, 2.45) is 0 Å². The van der Waals surface area contributed by atoms with Crippen LogP contribution < -0.4 is 5.46 Å². The molecule has 1 N–H and O–H groups in total. The summed E-state index contributed by atoms with van der Waals surface area (Å²) in [5.74, 6) is -1.48. The fourth-order valence-electron chi connectivity index (χ4n) is 3.35. The minimum absolute atomic E-state index is 0. The first-order chi connectivity index (χ1) is 19.3. The van der Waals surface area contributed by atoms with Crippen molar-refractivity contribution in [3.63, 3.8) is 0 Å². The number of aromatic carboxylic acids is 1. The van der Waals surface area contributed by atoms with Crippen molar-refractivity contribution in [3.8, 4) is 11.5 Å². The Morgan fingerprint density at radius 3 is 1.90 bits per heavy atom. The molecule has 1 saturated heterocycles. The van der Waals surface area contributed by atoms with E-state index in [1.807, 2.05) is 39.8 Å². The highest BCUT2D eigenvalue weighted by Gasteiger charge is 2.51. The first kappa shape index (κ1) is 34.1. The van der Waals surface area contributed by atoms with Crippen molar-refractivity contribution in [2.75, 3.05) is 7.11 Å². The summed E-state index contributed by atoms with van der Waals surface area (Å²) in [6, 6.07) is 7.34. The van der Waals surface area contributed by atoms with Crippen LogP contribution in [0.5, 0.6) is 0 Å². The number of hydrogen-bond donors (Lipinski definition) is 1. The van der Waals surface area contributed by atoms with Gasteiger partial charge in [0.25, 0.3) is 5.35 Å². The second kappa shape index (κ2) is 14.2. The summed E-state index contributed by atoms with van der Waals surface area (Å²) in [5, 5.41) is 8.72. The van der Waals surface area contributed by atoms with Crippen LogP contribution in [0, 0.1) is 13.8 Å². The molecule has 1 aliphatic heterocycles. The Labute approximate surface area is 249 Å². The Balaban J connectivity index is 0.000000221. The maximum atomic E-state index is 10.8. The zero-order valence-electron chi connectivity index (χ0n) is 23.7. The van der Waals surface area contributed by atoms with Crippen LogP contribution in [0.1, 0.15) is 67.6 Å². The number of carbonyl (C=O) groups excluding carboxylic acids is 1. The molecule has 0 unspecified atom stereocenters. The Morgan fingerprint density at radius 2 is 1.48 bits per heavy atom. The van der Waals surface area contributed by atoms with Crippen LogP contribution in [-0.4, -0.2) is 62.4 Å². The fourth-order valence-corrected chi connectivity index (χ4v) is 3.55. The number of carboxylic acids is 1. The van der Waals surface area contributed by atoms with Gasteiger partial charge in [-0.15, -0.1) is 0 Å². The van der Waals surface area contributed by atoms with E-state index in [0.29, 0.717) is 17.0 Å². The highest BCUT2D eigenvalue weighted by molar-refractivity contribution is 6.62. The summed E-state index contributed by atoms with van der Waals surface area (Å²) in [5.41, 5.74) is 1.86. The third-order valence-corrected chi connectivity index (χ3v) is 6.41. The number of methoxy groups -OCH3 is 1. The molecule has 5 heterocycles. The molecule has 42 heavy (non-hydrogen) atoms. The molecule has 0 spiro atoms. The lowest BCUT2D eigenvalue weighted by Gasteiger charge is -2.32. The van der Waals surface area contributed by atoms with Crippen molar-refractivity contribution in [1.82, 2.24) is 19.9 Å². The maximum Gasteiger partial charge on any atom is 0.496 e. The van der Waals surface area contributed by atoms with E-state index in [1.54, 1.807) is 50.8 Å². The van der Waals surface area contributed by atoms with Gasteiger partial charge in [-0.25, -0.2) is 19.6 Å².